The SMILES string of the molecule is CCCC(CCO)CNCc1cc2cc(F)ccc2o1. The van der Waals surface area contributed by atoms with Gasteiger partial charge in [-0.3, -0.25) is 0 Å². The third-order valence-corrected chi connectivity index (χ3v) is 3.50. The van der Waals surface area contributed by atoms with Gasteiger partial charge in [0, 0.05) is 12.0 Å². The molecule has 1 heterocycles. The highest BCUT2D eigenvalue weighted by molar-refractivity contribution is 5.77. The van der Waals surface area contributed by atoms with E-state index in [9.17, 15) is 4.39 Å². The first-order valence-electron chi connectivity index (χ1n) is 7.22. The highest BCUT2D eigenvalue weighted by atomic mass is 19.1. The molecule has 0 aliphatic rings. The summed E-state index contributed by atoms with van der Waals surface area (Å²) in [6.45, 7) is 3.87. The van der Waals surface area contributed by atoms with E-state index in [-0.39, 0.29) is 12.4 Å². The second-order valence-electron chi connectivity index (χ2n) is 5.19. The molecule has 1 aromatic carbocycles. The fraction of sp³-hybridized carbons (Fsp3) is 0.500. The predicted molar refractivity (Wildman–Crippen MR) is 78.0 cm³/mol. The van der Waals surface area contributed by atoms with Crippen LogP contribution in [0.1, 0.15) is 31.9 Å². The van der Waals surface area contributed by atoms with Gasteiger partial charge in [0.1, 0.15) is 17.2 Å². The van der Waals surface area contributed by atoms with Crippen LogP contribution in [0.4, 0.5) is 4.39 Å². The maximum Gasteiger partial charge on any atom is 0.134 e. The van der Waals surface area contributed by atoms with Crippen LogP contribution >= 0.6 is 0 Å². The highest BCUT2D eigenvalue weighted by Gasteiger charge is 2.08. The van der Waals surface area contributed by atoms with Crippen LogP contribution in [0.5, 0.6) is 0 Å². The molecule has 3 nitrogen and oxygen atoms in total. The van der Waals surface area contributed by atoms with Crippen LogP contribution in [-0.2, 0) is 6.54 Å². The molecular weight excluding hydrogens is 257 g/mol. The van der Waals surface area contributed by atoms with E-state index in [1.165, 1.54) is 12.1 Å². The van der Waals surface area contributed by atoms with Crippen LogP contribution in [0.3, 0.4) is 0 Å². The van der Waals surface area contributed by atoms with Crippen LogP contribution in [0.25, 0.3) is 11.0 Å². The predicted octanol–water partition coefficient (Wildman–Crippen LogP) is 3.46. The Labute approximate surface area is 118 Å². The molecule has 2 N–H and O–H groups in total. The number of aliphatic hydroxyl groups excluding tert-OH is 1. The summed E-state index contributed by atoms with van der Waals surface area (Å²) in [5, 5.41) is 13.2. The summed E-state index contributed by atoms with van der Waals surface area (Å²) in [5.41, 5.74) is 0.712. The summed E-state index contributed by atoms with van der Waals surface area (Å²) >= 11 is 0. The lowest BCUT2D eigenvalue weighted by molar-refractivity contribution is 0.247. The van der Waals surface area contributed by atoms with E-state index in [0.29, 0.717) is 18.0 Å². The van der Waals surface area contributed by atoms with Crippen LogP contribution in [0.15, 0.2) is 28.7 Å². The van der Waals surface area contributed by atoms with E-state index >= 15 is 0 Å². The fourth-order valence-corrected chi connectivity index (χ4v) is 2.50. The lowest BCUT2D eigenvalue weighted by atomic mass is 10.0. The van der Waals surface area contributed by atoms with Crippen molar-refractivity contribution in [1.29, 1.82) is 0 Å². The second-order valence-corrected chi connectivity index (χ2v) is 5.19. The number of furan rings is 1. The van der Waals surface area contributed by atoms with Crippen LogP contribution in [-0.4, -0.2) is 18.3 Å². The van der Waals surface area contributed by atoms with Crippen LogP contribution < -0.4 is 5.32 Å². The Hall–Kier alpha value is -1.39. The molecule has 0 bridgehead atoms. The van der Waals surface area contributed by atoms with E-state index in [1.807, 2.05) is 6.07 Å². The zero-order valence-electron chi connectivity index (χ0n) is 11.9. The van der Waals surface area contributed by atoms with Crippen molar-refractivity contribution in [2.75, 3.05) is 13.2 Å². The van der Waals surface area contributed by atoms with Crippen LogP contribution in [0, 0.1) is 11.7 Å². The standard InChI is InChI=1S/C16H22FNO2/c1-2-3-12(6-7-19)10-18-11-15-9-13-8-14(17)4-5-16(13)20-15/h4-5,8-9,12,18-19H,2-3,6-7,10-11H2,1H3. The summed E-state index contributed by atoms with van der Waals surface area (Å²) in [6, 6.07) is 6.40. The molecule has 0 saturated heterocycles. The van der Waals surface area contributed by atoms with Gasteiger partial charge in [0.15, 0.2) is 0 Å². The molecule has 0 spiro atoms. The maximum absolute atomic E-state index is 13.1. The molecule has 0 aliphatic heterocycles. The van der Waals surface area contributed by atoms with Crippen molar-refractivity contribution < 1.29 is 13.9 Å². The lowest BCUT2D eigenvalue weighted by Gasteiger charge is -2.14. The van der Waals surface area contributed by atoms with Crippen molar-refractivity contribution in [2.24, 2.45) is 5.92 Å². The molecule has 4 heteroatoms. The number of halogens is 1. The minimum atomic E-state index is -0.247. The number of hydrogen-bond acceptors (Lipinski definition) is 3. The molecule has 0 saturated carbocycles. The summed E-state index contributed by atoms with van der Waals surface area (Å²) in [4.78, 5) is 0. The number of rotatable bonds is 8. The molecule has 1 unspecified atom stereocenters. The summed E-state index contributed by atoms with van der Waals surface area (Å²) < 4.78 is 18.7. The number of fused-ring (bicyclic) bond motifs is 1. The van der Waals surface area contributed by atoms with E-state index in [4.69, 9.17) is 9.52 Å². The molecule has 0 aliphatic carbocycles. The van der Waals surface area contributed by atoms with Crippen molar-refractivity contribution in [3.63, 3.8) is 0 Å². The minimum absolute atomic E-state index is 0.232. The molecular formula is C16H22FNO2. The molecule has 0 amide bonds. The Balaban J connectivity index is 1.88. The Morgan fingerprint density at radius 3 is 2.90 bits per heavy atom. The zero-order chi connectivity index (χ0) is 14.4. The molecule has 110 valence electrons. The average Bonchev–Trinajstić information content (AvgIpc) is 2.81. The van der Waals surface area contributed by atoms with Gasteiger partial charge in [-0.05, 0) is 49.6 Å². The summed E-state index contributed by atoms with van der Waals surface area (Å²) in [5.74, 6) is 1.06. The summed E-state index contributed by atoms with van der Waals surface area (Å²) in [6.07, 6.45) is 3.06. The van der Waals surface area contributed by atoms with E-state index < -0.39 is 0 Å². The van der Waals surface area contributed by atoms with Gasteiger partial charge in [-0.25, -0.2) is 4.39 Å². The molecule has 1 aromatic heterocycles. The largest absolute Gasteiger partial charge is 0.460 e. The molecule has 0 radical (unpaired) electrons. The number of nitrogens with one attached hydrogen (secondary N) is 1. The van der Waals surface area contributed by atoms with Gasteiger partial charge in [0.25, 0.3) is 0 Å². The van der Waals surface area contributed by atoms with E-state index in [2.05, 4.69) is 12.2 Å². The highest BCUT2D eigenvalue weighted by Crippen LogP contribution is 2.20. The lowest BCUT2D eigenvalue weighted by Crippen LogP contribution is -2.23. The van der Waals surface area contributed by atoms with Crippen molar-refractivity contribution in [3.05, 3.63) is 35.8 Å². The van der Waals surface area contributed by atoms with Crippen molar-refractivity contribution in [2.45, 2.75) is 32.7 Å². The maximum atomic E-state index is 13.1. The topological polar surface area (TPSA) is 45.4 Å². The van der Waals surface area contributed by atoms with Gasteiger partial charge < -0.3 is 14.8 Å². The van der Waals surface area contributed by atoms with Gasteiger partial charge >= 0.3 is 0 Å². The molecule has 2 aromatic rings. The first-order chi connectivity index (χ1) is 9.72. The molecule has 2 rings (SSSR count). The van der Waals surface area contributed by atoms with Gasteiger partial charge in [-0.15, -0.1) is 0 Å². The minimum Gasteiger partial charge on any atom is -0.460 e. The Kier molecular flexibility index (Phi) is 5.56. The molecule has 1 atom stereocenters. The third kappa shape index (κ3) is 4.05. The van der Waals surface area contributed by atoms with E-state index in [1.54, 1.807) is 6.07 Å². The quantitative estimate of drug-likeness (QED) is 0.778. The number of aliphatic hydroxyl groups is 1. The first-order valence-corrected chi connectivity index (χ1v) is 7.22. The van der Waals surface area contributed by atoms with Gasteiger partial charge in [-0.1, -0.05) is 13.3 Å². The number of benzene rings is 1. The second kappa shape index (κ2) is 7.41. The van der Waals surface area contributed by atoms with Crippen molar-refractivity contribution in [1.82, 2.24) is 5.32 Å². The number of hydrogen-bond donors (Lipinski definition) is 2. The molecule has 0 fully saturated rings. The Morgan fingerprint density at radius 2 is 2.15 bits per heavy atom. The Morgan fingerprint density at radius 1 is 1.30 bits per heavy atom. The summed E-state index contributed by atoms with van der Waals surface area (Å²) in [7, 11) is 0. The third-order valence-electron chi connectivity index (χ3n) is 3.50. The van der Waals surface area contributed by atoms with Crippen molar-refractivity contribution in [3.8, 4) is 0 Å². The smallest absolute Gasteiger partial charge is 0.134 e. The van der Waals surface area contributed by atoms with Crippen molar-refractivity contribution >= 4 is 11.0 Å². The van der Waals surface area contributed by atoms with Gasteiger partial charge in [-0.2, -0.15) is 0 Å². The fourth-order valence-electron chi connectivity index (χ4n) is 2.50. The normalized spacial score (nSPS) is 12.9. The van der Waals surface area contributed by atoms with E-state index in [0.717, 1.165) is 37.0 Å². The average molecular weight is 279 g/mol. The Bertz CT molecular complexity index is 532. The van der Waals surface area contributed by atoms with Gasteiger partial charge in [0.05, 0.1) is 6.54 Å². The van der Waals surface area contributed by atoms with Crippen LogP contribution in [0.2, 0.25) is 0 Å². The first kappa shape index (κ1) is 15.0. The monoisotopic (exact) mass is 279 g/mol. The zero-order valence-corrected chi connectivity index (χ0v) is 11.9. The van der Waals surface area contributed by atoms with Gasteiger partial charge in [0.2, 0.25) is 0 Å². The molecule has 20 heavy (non-hydrogen) atoms.